The van der Waals surface area contributed by atoms with Crippen molar-refractivity contribution in [1.29, 1.82) is 0 Å². The predicted octanol–water partition coefficient (Wildman–Crippen LogP) is 3.24. The molecule has 1 aromatic carbocycles. The lowest BCUT2D eigenvalue weighted by molar-refractivity contribution is -0.152. The number of carbonyl (C=O) groups excluding carboxylic acids is 2. The summed E-state index contributed by atoms with van der Waals surface area (Å²) in [6.07, 6.45) is 1.22. The van der Waals surface area contributed by atoms with Crippen molar-refractivity contribution in [2.24, 2.45) is 17.8 Å². The van der Waals surface area contributed by atoms with Gasteiger partial charge in [0.05, 0.1) is 36.1 Å². The Labute approximate surface area is 172 Å². The Kier molecular flexibility index (Phi) is 5.73. The highest BCUT2D eigenvalue weighted by Crippen LogP contribution is 2.44. The van der Waals surface area contributed by atoms with E-state index in [1.807, 2.05) is 11.0 Å². The van der Waals surface area contributed by atoms with Crippen molar-refractivity contribution in [2.45, 2.75) is 19.0 Å². The van der Waals surface area contributed by atoms with Crippen molar-refractivity contribution < 1.29 is 32.2 Å². The summed E-state index contributed by atoms with van der Waals surface area (Å²) in [7, 11) is 0. The van der Waals surface area contributed by atoms with E-state index in [1.165, 1.54) is 6.07 Å². The number of nitrogens with one attached hydrogen (secondary N) is 1. The van der Waals surface area contributed by atoms with Gasteiger partial charge in [-0.3, -0.25) is 9.59 Å². The van der Waals surface area contributed by atoms with E-state index >= 15 is 0 Å². The van der Waals surface area contributed by atoms with Crippen LogP contribution in [0.1, 0.15) is 18.4 Å². The largest absolute Gasteiger partial charge is 0.455 e. The molecule has 1 aromatic rings. The van der Waals surface area contributed by atoms with Gasteiger partial charge in [0, 0.05) is 13.1 Å². The summed E-state index contributed by atoms with van der Waals surface area (Å²) in [5.74, 6) is -0.801. The third-order valence-electron chi connectivity index (χ3n) is 5.88. The number of hydrogen-bond donors (Lipinski definition) is 1. The van der Waals surface area contributed by atoms with E-state index in [0.29, 0.717) is 37.9 Å². The first kappa shape index (κ1) is 20.7. The van der Waals surface area contributed by atoms with E-state index in [1.54, 1.807) is 0 Å². The fourth-order valence-corrected chi connectivity index (χ4v) is 4.37. The molecule has 3 atom stereocenters. The van der Waals surface area contributed by atoms with Crippen molar-refractivity contribution in [1.82, 2.24) is 0 Å². The molecule has 2 bridgehead atoms. The molecule has 0 unspecified atom stereocenters. The van der Waals surface area contributed by atoms with Crippen molar-refractivity contribution in [3.63, 3.8) is 0 Å². The van der Waals surface area contributed by atoms with Crippen molar-refractivity contribution >= 4 is 23.3 Å². The smallest absolute Gasteiger partial charge is 0.416 e. The highest BCUT2D eigenvalue weighted by molar-refractivity contribution is 5.96. The normalized spacial score (nSPS) is 25.4. The number of allylic oxidation sites excluding steroid dienone is 2. The summed E-state index contributed by atoms with van der Waals surface area (Å²) < 4.78 is 49.9. The molecule has 4 rings (SSSR count). The van der Waals surface area contributed by atoms with E-state index in [0.717, 1.165) is 25.0 Å². The highest BCUT2D eigenvalue weighted by Gasteiger charge is 2.41. The van der Waals surface area contributed by atoms with Crippen molar-refractivity contribution in [3.8, 4) is 0 Å². The molecule has 0 radical (unpaired) electrons. The van der Waals surface area contributed by atoms with Crippen LogP contribution in [0.5, 0.6) is 0 Å². The zero-order valence-corrected chi connectivity index (χ0v) is 16.3. The lowest BCUT2D eigenvalue weighted by Gasteiger charge is -2.31. The number of halogens is 3. The molecule has 0 aromatic heterocycles. The van der Waals surface area contributed by atoms with E-state index in [2.05, 4.69) is 11.4 Å². The summed E-state index contributed by atoms with van der Waals surface area (Å²) in [5, 5.41) is 2.49. The van der Waals surface area contributed by atoms with Crippen LogP contribution < -0.4 is 10.2 Å². The Morgan fingerprint density at radius 2 is 1.93 bits per heavy atom. The summed E-state index contributed by atoms with van der Waals surface area (Å²) in [5.41, 5.74) is -0.347. The summed E-state index contributed by atoms with van der Waals surface area (Å²) in [4.78, 5) is 26.5. The van der Waals surface area contributed by atoms with Gasteiger partial charge in [0.2, 0.25) is 0 Å². The van der Waals surface area contributed by atoms with Gasteiger partial charge in [-0.05, 0) is 42.9 Å². The van der Waals surface area contributed by atoms with Crippen LogP contribution >= 0.6 is 0 Å². The first-order valence-corrected chi connectivity index (χ1v) is 10.00. The first-order valence-electron chi connectivity index (χ1n) is 10.00. The van der Waals surface area contributed by atoms with Crippen LogP contribution in [-0.2, 0) is 25.2 Å². The van der Waals surface area contributed by atoms with Gasteiger partial charge >= 0.3 is 12.1 Å². The Morgan fingerprint density at radius 1 is 1.17 bits per heavy atom. The van der Waals surface area contributed by atoms with Gasteiger partial charge in [0.15, 0.2) is 6.61 Å². The van der Waals surface area contributed by atoms with Crippen molar-refractivity contribution in [3.05, 3.63) is 35.9 Å². The number of morpholine rings is 1. The van der Waals surface area contributed by atoms with Gasteiger partial charge in [-0.25, -0.2) is 0 Å². The van der Waals surface area contributed by atoms with Gasteiger partial charge in [-0.1, -0.05) is 12.2 Å². The molecule has 1 saturated heterocycles. The van der Waals surface area contributed by atoms with E-state index < -0.39 is 30.2 Å². The second-order valence-electron chi connectivity index (χ2n) is 7.87. The molecule has 162 valence electrons. The Balaban J connectivity index is 1.43. The second kappa shape index (κ2) is 8.29. The number of hydrogen-bond acceptors (Lipinski definition) is 5. The number of fused-ring (bicyclic) bond motifs is 2. The van der Waals surface area contributed by atoms with E-state index in [9.17, 15) is 22.8 Å². The quantitative estimate of drug-likeness (QED) is 0.581. The lowest BCUT2D eigenvalue weighted by atomic mass is 9.94. The summed E-state index contributed by atoms with van der Waals surface area (Å²) in [6, 6.07) is 3.24. The highest BCUT2D eigenvalue weighted by atomic mass is 19.4. The average Bonchev–Trinajstić information content (AvgIpc) is 3.36. The Bertz CT molecular complexity index is 849. The number of anilines is 2. The zero-order chi connectivity index (χ0) is 21.3. The Hall–Kier alpha value is -2.55. The molecule has 1 saturated carbocycles. The first-order chi connectivity index (χ1) is 14.3. The van der Waals surface area contributed by atoms with Crippen LogP contribution in [0.15, 0.2) is 30.4 Å². The number of rotatable bonds is 5. The fraction of sp³-hybridized carbons (Fsp3) is 0.524. The third-order valence-corrected chi connectivity index (χ3v) is 5.88. The standard InChI is InChI=1S/C21H23F3N2O4/c22-21(23,24)15-3-4-18(26-5-7-29-8-6-26)17(11-15)25-19(27)12-30-20(28)16-10-13-1-2-14(16)9-13/h1-4,11,13-14,16H,5-10,12H2,(H,25,27)/t13-,14-,16-/m0/s1. The molecule has 3 aliphatic rings. The zero-order valence-electron chi connectivity index (χ0n) is 16.3. The van der Waals surface area contributed by atoms with Gasteiger partial charge in [-0.15, -0.1) is 0 Å². The summed E-state index contributed by atoms with van der Waals surface area (Å²) in [6.45, 7) is 1.37. The van der Waals surface area contributed by atoms with Crippen molar-refractivity contribution in [2.75, 3.05) is 43.1 Å². The monoisotopic (exact) mass is 424 g/mol. The van der Waals surface area contributed by atoms with Crippen LogP contribution in [0.2, 0.25) is 0 Å². The minimum absolute atomic E-state index is 0.0376. The van der Waals surface area contributed by atoms with Gasteiger partial charge < -0.3 is 19.7 Å². The molecule has 1 amide bonds. The fourth-order valence-electron chi connectivity index (χ4n) is 4.37. The molecule has 1 N–H and O–H groups in total. The Morgan fingerprint density at radius 3 is 2.57 bits per heavy atom. The van der Waals surface area contributed by atoms with E-state index in [-0.39, 0.29) is 17.5 Å². The molecule has 1 aliphatic heterocycles. The van der Waals surface area contributed by atoms with Crippen LogP contribution in [-0.4, -0.2) is 44.8 Å². The molecule has 0 spiro atoms. The molecular formula is C21H23F3N2O4. The molecular weight excluding hydrogens is 401 g/mol. The topological polar surface area (TPSA) is 67.9 Å². The minimum atomic E-state index is -4.54. The molecule has 9 heteroatoms. The average molecular weight is 424 g/mol. The van der Waals surface area contributed by atoms with Crippen LogP contribution in [0.3, 0.4) is 0 Å². The summed E-state index contributed by atoms with van der Waals surface area (Å²) >= 11 is 0. The van der Waals surface area contributed by atoms with E-state index in [4.69, 9.17) is 9.47 Å². The number of ether oxygens (including phenoxy) is 2. The maximum atomic E-state index is 13.2. The maximum absolute atomic E-state index is 13.2. The van der Waals surface area contributed by atoms with Crippen LogP contribution in [0, 0.1) is 17.8 Å². The number of nitrogens with zero attached hydrogens (tertiary/aromatic N) is 1. The third kappa shape index (κ3) is 4.45. The molecule has 2 fully saturated rings. The second-order valence-corrected chi connectivity index (χ2v) is 7.87. The number of carbonyl (C=O) groups is 2. The predicted molar refractivity (Wildman–Crippen MR) is 103 cm³/mol. The molecule has 2 aliphatic carbocycles. The van der Waals surface area contributed by atoms with Crippen LogP contribution in [0.4, 0.5) is 24.5 Å². The van der Waals surface area contributed by atoms with Crippen LogP contribution in [0.25, 0.3) is 0 Å². The maximum Gasteiger partial charge on any atom is 0.416 e. The van der Waals surface area contributed by atoms with Gasteiger partial charge in [0.25, 0.3) is 5.91 Å². The van der Waals surface area contributed by atoms with Gasteiger partial charge in [-0.2, -0.15) is 13.2 Å². The molecule has 6 nitrogen and oxygen atoms in total. The lowest BCUT2D eigenvalue weighted by Crippen LogP contribution is -2.37. The number of amides is 1. The van der Waals surface area contributed by atoms with Gasteiger partial charge in [0.1, 0.15) is 0 Å². The molecule has 1 heterocycles. The minimum Gasteiger partial charge on any atom is -0.455 e. The molecule has 30 heavy (non-hydrogen) atoms. The number of benzene rings is 1. The number of esters is 1. The SMILES string of the molecule is O=C(COC(=O)[C@H]1C[C@H]2C=C[C@H]1C2)Nc1cc(C(F)(F)F)ccc1N1CCOCC1. The number of alkyl halides is 3.